The Morgan fingerprint density at radius 3 is 2.48 bits per heavy atom. The highest BCUT2D eigenvalue weighted by Crippen LogP contribution is 2.31. The van der Waals surface area contributed by atoms with Gasteiger partial charge in [-0.2, -0.15) is 4.98 Å². The molecule has 0 saturated carbocycles. The van der Waals surface area contributed by atoms with Crippen molar-refractivity contribution in [2.45, 2.75) is 18.4 Å². The van der Waals surface area contributed by atoms with Crippen molar-refractivity contribution in [3.63, 3.8) is 0 Å². The highest BCUT2D eigenvalue weighted by Gasteiger charge is 2.16. The summed E-state index contributed by atoms with van der Waals surface area (Å²) in [5.41, 5.74) is 5.76. The number of rotatable bonds is 6. The highest BCUT2D eigenvalue weighted by molar-refractivity contribution is 7.90. The van der Waals surface area contributed by atoms with Crippen molar-refractivity contribution < 1.29 is 17.7 Å². The Kier molecular flexibility index (Phi) is 5.71. The van der Waals surface area contributed by atoms with Crippen molar-refractivity contribution in [1.29, 1.82) is 0 Å². The minimum atomic E-state index is -3.33. The summed E-state index contributed by atoms with van der Waals surface area (Å²) in [6.45, 7) is 2.52. The van der Waals surface area contributed by atoms with E-state index >= 15 is 0 Å². The third-order valence-corrected chi connectivity index (χ3v) is 6.14. The smallest absolute Gasteiger partial charge is 0.258 e. The van der Waals surface area contributed by atoms with Crippen molar-refractivity contribution in [2.24, 2.45) is 0 Å². The molecule has 0 aliphatic carbocycles. The van der Waals surface area contributed by atoms with Crippen LogP contribution in [0.1, 0.15) is 11.1 Å². The lowest BCUT2D eigenvalue weighted by atomic mass is 9.94. The summed E-state index contributed by atoms with van der Waals surface area (Å²) in [7, 11) is -1.66. The van der Waals surface area contributed by atoms with Crippen LogP contribution in [0.4, 0.5) is 0 Å². The van der Waals surface area contributed by atoms with E-state index in [2.05, 4.69) is 29.2 Å². The summed E-state index contributed by atoms with van der Waals surface area (Å²) in [4.78, 5) is 4.69. The van der Waals surface area contributed by atoms with Gasteiger partial charge in [0, 0.05) is 24.5 Å². The molecule has 0 amide bonds. The summed E-state index contributed by atoms with van der Waals surface area (Å²) >= 11 is 0. The molecule has 7 heteroatoms. The number of hydrogen-bond acceptors (Lipinski definition) is 6. The molecule has 1 heterocycles. The summed E-state index contributed by atoms with van der Waals surface area (Å²) in [5, 5.41) is 4.04. The van der Waals surface area contributed by atoms with Gasteiger partial charge in [0.2, 0.25) is 5.82 Å². The molecular weight excluding hydrogens is 412 g/mol. The maximum atomic E-state index is 11.8. The number of ether oxygens (including phenoxy) is 1. The Hall–Kier alpha value is -3.29. The largest absolute Gasteiger partial charge is 0.380 e. The second-order valence-corrected chi connectivity index (χ2v) is 9.36. The second-order valence-electron chi connectivity index (χ2n) is 7.34. The molecular formula is C24H22N2O4S. The standard InChI is InChI=1S/C24H22N2O4S/c1-16-7-4-5-10-21(16)22-12-11-18(13-19(22)15-29-2)24-25-23(26-30-24)17-8-6-9-20(14-17)31(3,27)28/h4-14H,15H2,1-3H3. The minimum absolute atomic E-state index is 0.210. The predicted octanol–water partition coefficient (Wildman–Crippen LogP) is 4.93. The topological polar surface area (TPSA) is 82.3 Å². The predicted molar refractivity (Wildman–Crippen MR) is 119 cm³/mol. The summed E-state index contributed by atoms with van der Waals surface area (Å²) < 4.78 is 34.6. The van der Waals surface area contributed by atoms with Crippen LogP contribution in [-0.2, 0) is 21.2 Å². The Labute approximate surface area is 181 Å². The Balaban J connectivity index is 1.73. The van der Waals surface area contributed by atoms with E-state index in [-0.39, 0.29) is 4.90 Å². The van der Waals surface area contributed by atoms with Gasteiger partial charge in [-0.05, 0) is 53.4 Å². The maximum absolute atomic E-state index is 11.8. The van der Waals surface area contributed by atoms with E-state index in [9.17, 15) is 8.42 Å². The first-order valence-electron chi connectivity index (χ1n) is 9.69. The van der Waals surface area contributed by atoms with E-state index in [1.165, 1.54) is 11.8 Å². The zero-order valence-electron chi connectivity index (χ0n) is 17.5. The molecule has 0 unspecified atom stereocenters. The maximum Gasteiger partial charge on any atom is 0.258 e. The Morgan fingerprint density at radius 1 is 0.935 bits per heavy atom. The quantitative estimate of drug-likeness (QED) is 0.428. The van der Waals surface area contributed by atoms with Gasteiger partial charge in [0.05, 0.1) is 11.5 Å². The first kappa shape index (κ1) is 21.0. The molecule has 3 aromatic carbocycles. The van der Waals surface area contributed by atoms with E-state index in [0.29, 0.717) is 23.9 Å². The SMILES string of the molecule is COCc1cc(-c2nc(-c3cccc(S(C)(=O)=O)c3)no2)ccc1-c1ccccc1C. The second kappa shape index (κ2) is 8.45. The molecule has 0 atom stereocenters. The van der Waals surface area contributed by atoms with E-state index in [0.717, 1.165) is 22.3 Å². The lowest BCUT2D eigenvalue weighted by Gasteiger charge is -2.12. The third kappa shape index (κ3) is 4.42. The Bertz CT molecular complexity index is 1340. The molecule has 31 heavy (non-hydrogen) atoms. The molecule has 4 rings (SSSR count). The molecule has 6 nitrogen and oxygen atoms in total. The first-order valence-corrected chi connectivity index (χ1v) is 11.6. The molecule has 0 N–H and O–H groups in total. The number of hydrogen-bond donors (Lipinski definition) is 0. The van der Waals surface area contributed by atoms with Crippen LogP contribution in [0.15, 0.2) is 76.1 Å². The fourth-order valence-electron chi connectivity index (χ4n) is 3.46. The zero-order valence-corrected chi connectivity index (χ0v) is 18.3. The molecule has 0 saturated heterocycles. The zero-order chi connectivity index (χ0) is 22.0. The number of sulfone groups is 1. The molecule has 0 radical (unpaired) electrons. The van der Waals surface area contributed by atoms with Crippen molar-refractivity contribution in [2.75, 3.05) is 13.4 Å². The van der Waals surface area contributed by atoms with Crippen molar-refractivity contribution >= 4 is 9.84 Å². The van der Waals surface area contributed by atoms with Crippen LogP contribution in [0.5, 0.6) is 0 Å². The molecule has 0 bridgehead atoms. The monoisotopic (exact) mass is 434 g/mol. The van der Waals surface area contributed by atoms with Crippen LogP contribution in [0.25, 0.3) is 34.0 Å². The van der Waals surface area contributed by atoms with Crippen molar-refractivity contribution in [3.05, 3.63) is 77.9 Å². The number of benzene rings is 3. The van der Waals surface area contributed by atoms with Gasteiger partial charge in [0.1, 0.15) is 0 Å². The lowest BCUT2D eigenvalue weighted by molar-refractivity contribution is 0.185. The third-order valence-electron chi connectivity index (χ3n) is 5.03. The van der Waals surface area contributed by atoms with Crippen molar-refractivity contribution in [1.82, 2.24) is 10.1 Å². The van der Waals surface area contributed by atoms with Crippen LogP contribution < -0.4 is 0 Å². The van der Waals surface area contributed by atoms with Gasteiger partial charge in [0.15, 0.2) is 9.84 Å². The van der Waals surface area contributed by atoms with Crippen LogP contribution in [-0.4, -0.2) is 31.9 Å². The lowest BCUT2D eigenvalue weighted by Crippen LogP contribution is -1.97. The summed E-state index contributed by atoms with van der Waals surface area (Å²) in [5.74, 6) is 0.685. The number of methoxy groups -OCH3 is 1. The fourth-order valence-corrected chi connectivity index (χ4v) is 4.13. The van der Waals surface area contributed by atoms with Gasteiger partial charge in [-0.1, -0.05) is 47.6 Å². The van der Waals surface area contributed by atoms with Crippen LogP contribution >= 0.6 is 0 Å². The van der Waals surface area contributed by atoms with Gasteiger partial charge in [-0.15, -0.1) is 0 Å². The van der Waals surface area contributed by atoms with E-state index < -0.39 is 9.84 Å². The van der Waals surface area contributed by atoms with E-state index in [4.69, 9.17) is 9.26 Å². The molecule has 4 aromatic rings. The average Bonchev–Trinajstić information content (AvgIpc) is 3.24. The Morgan fingerprint density at radius 2 is 1.74 bits per heavy atom. The molecule has 158 valence electrons. The van der Waals surface area contributed by atoms with Crippen LogP contribution in [0.2, 0.25) is 0 Å². The number of nitrogens with zero attached hydrogens (tertiary/aromatic N) is 2. The van der Waals surface area contributed by atoms with Gasteiger partial charge >= 0.3 is 0 Å². The summed E-state index contributed by atoms with van der Waals surface area (Å²) in [6, 6.07) is 20.6. The number of aromatic nitrogens is 2. The fraction of sp³-hybridized carbons (Fsp3) is 0.167. The summed E-state index contributed by atoms with van der Waals surface area (Å²) in [6.07, 6.45) is 1.17. The average molecular weight is 435 g/mol. The van der Waals surface area contributed by atoms with Gasteiger partial charge in [-0.25, -0.2) is 8.42 Å². The van der Waals surface area contributed by atoms with Gasteiger partial charge in [0.25, 0.3) is 5.89 Å². The molecule has 0 aliphatic heterocycles. The van der Waals surface area contributed by atoms with Gasteiger partial charge in [-0.3, -0.25) is 0 Å². The molecule has 0 spiro atoms. The molecule has 0 fully saturated rings. The van der Waals surface area contributed by atoms with E-state index in [1.54, 1.807) is 31.4 Å². The molecule has 0 aliphatic rings. The first-order chi connectivity index (χ1) is 14.9. The van der Waals surface area contributed by atoms with Crippen molar-refractivity contribution in [3.8, 4) is 34.0 Å². The highest BCUT2D eigenvalue weighted by atomic mass is 32.2. The van der Waals surface area contributed by atoms with E-state index in [1.807, 2.05) is 30.3 Å². The molecule has 1 aromatic heterocycles. The normalized spacial score (nSPS) is 11.6. The van der Waals surface area contributed by atoms with Gasteiger partial charge < -0.3 is 9.26 Å². The van der Waals surface area contributed by atoms with Crippen LogP contribution in [0.3, 0.4) is 0 Å². The number of aryl methyl sites for hydroxylation is 1. The van der Waals surface area contributed by atoms with Crippen LogP contribution in [0, 0.1) is 6.92 Å². The minimum Gasteiger partial charge on any atom is -0.380 e.